The summed E-state index contributed by atoms with van der Waals surface area (Å²) in [5.74, 6) is 5.47. The summed E-state index contributed by atoms with van der Waals surface area (Å²) in [4.78, 5) is 14.3. The maximum Gasteiger partial charge on any atom is 0.254 e. The van der Waals surface area contributed by atoms with Gasteiger partial charge in [0.05, 0.1) is 0 Å². The van der Waals surface area contributed by atoms with Gasteiger partial charge in [-0.05, 0) is 43.5 Å². The van der Waals surface area contributed by atoms with E-state index in [0.29, 0.717) is 6.04 Å². The molecule has 98 valence electrons. The lowest BCUT2D eigenvalue weighted by Gasteiger charge is -2.25. The van der Waals surface area contributed by atoms with Crippen molar-refractivity contribution in [3.63, 3.8) is 0 Å². The molecule has 1 aliphatic carbocycles. The van der Waals surface area contributed by atoms with E-state index in [1.54, 1.807) is 0 Å². The predicted molar refractivity (Wildman–Crippen MR) is 73.3 cm³/mol. The Hall–Kier alpha value is -1.55. The van der Waals surface area contributed by atoms with Crippen molar-refractivity contribution in [3.05, 3.63) is 29.3 Å². The molecule has 1 fully saturated rings. The van der Waals surface area contributed by atoms with Gasteiger partial charge in [-0.2, -0.15) is 0 Å². The fourth-order valence-corrected chi connectivity index (χ4v) is 2.64. The number of benzene rings is 1. The molecule has 0 heterocycles. The molecule has 1 amide bonds. The summed E-state index contributed by atoms with van der Waals surface area (Å²) < 4.78 is 0. The van der Waals surface area contributed by atoms with E-state index < -0.39 is 0 Å². The molecule has 0 aromatic heterocycles. The van der Waals surface area contributed by atoms with Gasteiger partial charge in [-0.15, -0.1) is 0 Å². The molecule has 0 atom stereocenters. The van der Waals surface area contributed by atoms with Crippen LogP contribution in [0.1, 0.15) is 41.6 Å². The Morgan fingerprint density at radius 3 is 2.61 bits per heavy atom. The van der Waals surface area contributed by atoms with Gasteiger partial charge in [-0.25, -0.2) is 0 Å². The van der Waals surface area contributed by atoms with Crippen molar-refractivity contribution in [1.82, 2.24) is 4.90 Å². The van der Waals surface area contributed by atoms with Crippen molar-refractivity contribution < 1.29 is 4.79 Å². The number of nitrogens with one attached hydrogen (secondary N) is 1. The number of amides is 1. The van der Waals surface area contributed by atoms with Crippen molar-refractivity contribution in [2.24, 2.45) is 5.84 Å². The number of hydrogen-bond acceptors (Lipinski definition) is 3. The summed E-state index contributed by atoms with van der Waals surface area (Å²) in [5, 5.41) is 0. The second kappa shape index (κ2) is 5.40. The molecule has 2 rings (SSSR count). The number of carbonyl (C=O) groups excluding carboxylic acids is 1. The minimum absolute atomic E-state index is 0.114. The number of aryl methyl sites for hydroxylation is 1. The fourth-order valence-electron chi connectivity index (χ4n) is 2.64. The third kappa shape index (κ3) is 2.48. The van der Waals surface area contributed by atoms with Crippen LogP contribution < -0.4 is 11.3 Å². The number of rotatable bonds is 3. The standard InChI is InChI=1S/C14H21N3O/c1-10-9-11(16-15)7-8-13(10)14(18)17(2)12-5-3-4-6-12/h7-9,12,16H,3-6,15H2,1-2H3. The number of carbonyl (C=O) groups is 1. The van der Waals surface area contributed by atoms with E-state index >= 15 is 0 Å². The third-order valence-corrected chi connectivity index (χ3v) is 3.82. The van der Waals surface area contributed by atoms with Crippen molar-refractivity contribution in [3.8, 4) is 0 Å². The van der Waals surface area contributed by atoms with Crippen LogP contribution in [0, 0.1) is 6.92 Å². The molecule has 4 nitrogen and oxygen atoms in total. The smallest absolute Gasteiger partial charge is 0.254 e. The van der Waals surface area contributed by atoms with Crippen LogP contribution in [-0.4, -0.2) is 23.9 Å². The Bertz CT molecular complexity index is 439. The van der Waals surface area contributed by atoms with Gasteiger partial charge >= 0.3 is 0 Å². The normalized spacial score (nSPS) is 15.7. The maximum absolute atomic E-state index is 12.4. The highest BCUT2D eigenvalue weighted by atomic mass is 16.2. The first-order valence-corrected chi connectivity index (χ1v) is 6.48. The second-order valence-corrected chi connectivity index (χ2v) is 5.03. The summed E-state index contributed by atoms with van der Waals surface area (Å²) in [6.07, 6.45) is 4.72. The van der Waals surface area contributed by atoms with E-state index in [1.807, 2.05) is 37.1 Å². The molecule has 1 aromatic rings. The predicted octanol–water partition coefficient (Wildman–Crippen LogP) is 2.30. The molecule has 1 saturated carbocycles. The molecule has 0 bridgehead atoms. The molecule has 0 aliphatic heterocycles. The van der Waals surface area contributed by atoms with Gasteiger partial charge in [0.1, 0.15) is 0 Å². The van der Waals surface area contributed by atoms with Crippen LogP contribution in [0.5, 0.6) is 0 Å². The van der Waals surface area contributed by atoms with Crippen LogP contribution in [0.4, 0.5) is 5.69 Å². The zero-order valence-corrected chi connectivity index (χ0v) is 11.1. The first-order chi connectivity index (χ1) is 8.63. The van der Waals surface area contributed by atoms with Gasteiger partial charge in [-0.3, -0.25) is 10.6 Å². The van der Waals surface area contributed by atoms with Crippen LogP contribution in [0.15, 0.2) is 18.2 Å². The summed E-state index contributed by atoms with van der Waals surface area (Å²) in [6, 6.07) is 5.99. The second-order valence-electron chi connectivity index (χ2n) is 5.03. The van der Waals surface area contributed by atoms with Crippen molar-refractivity contribution in [2.75, 3.05) is 12.5 Å². The monoisotopic (exact) mass is 247 g/mol. The zero-order valence-electron chi connectivity index (χ0n) is 11.1. The lowest BCUT2D eigenvalue weighted by atomic mass is 10.1. The minimum Gasteiger partial charge on any atom is -0.339 e. The highest BCUT2D eigenvalue weighted by Crippen LogP contribution is 2.24. The maximum atomic E-state index is 12.4. The number of hydrazine groups is 1. The molecule has 0 spiro atoms. The molecule has 1 aliphatic rings. The fraction of sp³-hybridized carbons (Fsp3) is 0.500. The molecular weight excluding hydrogens is 226 g/mol. The van der Waals surface area contributed by atoms with E-state index in [2.05, 4.69) is 5.43 Å². The van der Waals surface area contributed by atoms with Crippen LogP contribution in [0.3, 0.4) is 0 Å². The zero-order chi connectivity index (χ0) is 13.1. The number of hydrogen-bond donors (Lipinski definition) is 2. The number of anilines is 1. The van der Waals surface area contributed by atoms with Gasteiger partial charge in [0.15, 0.2) is 0 Å². The molecular formula is C14H21N3O. The SMILES string of the molecule is Cc1cc(NN)ccc1C(=O)N(C)C1CCCC1. The van der Waals surface area contributed by atoms with Crippen LogP contribution in [0.25, 0.3) is 0 Å². The van der Waals surface area contributed by atoms with Crippen molar-refractivity contribution >= 4 is 11.6 Å². The minimum atomic E-state index is 0.114. The summed E-state index contributed by atoms with van der Waals surface area (Å²) >= 11 is 0. The van der Waals surface area contributed by atoms with E-state index in [9.17, 15) is 4.79 Å². The lowest BCUT2D eigenvalue weighted by Crippen LogP contribution is -2.35. The average Bonchev–Trinajstić information content (AvgIpc) is 2.90. The molecule has 4 heteroatoms. The van der Waals surface area contributed by atoms with Crippen LogP contribution >= 0.6 is 0 Å². The van der Waals surface area contributed by atoms with E-state index in [0.717, 1.165) is 29.7 Å². The van der Waals surface area contributed by atoms with Gasteiger partial charge in [0, 0.05) is 24.3 Å². The summed E-state index contributed by atoms with van der Waals surface area (Å²) in [5.41, 5.74) is 5.15. The van der Waals surface area contributed by atoms with E-state index in [1.165, 1.54) is 12.8 Å². The Morgan fingerprint density at radius 1 is 1.39 bits per heavy atom. The molecule has 3 N–H and O–H groups in total. The largest absolute Gasteiger partial charge is 0.339 e. The van der Waals surface area contributed by atoms with E-state index in [4.69, 9.17) is 5.84 Å². The van der Waals surface area contributed by atoms with Crippen LogP contribution in [0.2, 0.25) is 0 Å². The average molecular weight is 247 g/mol. The van der Waals surface area contributed by atoms with Gasteiger partial charge in [0.2, 0.25) is 0 Å². The Labute approximate surface area is 108 Å². The highest BCUT2D eigenvalue weighted by molar-refractivity contribution is 5.96. The molecule has 0 saturated heterocycles. The van der Waals surface area contributed by atoms with Gasteiger partial charge in [-0.1, -0.05) is 12.8 Å². The van der Waals surface area contributed by atoms with Crippen LogP contribution in [-0.2, 0) is 0 Å². The number of nitrogens with zero attached hydrogens (tertiary/aromatic N) is 1. The van der Waals surface area contributed by atoms with E-state index in [-0.39, 0.29) is 5.91 Å². The van der Waals surface area contributed by atoms with Gasteiger partial charge in [0.25, 0.3) is 5.91 Å². The first kappa shape index (κ1) is 12.9. The van der Waals surface area contributed by atoms with Gasteiger partial charge < -0.3 is 10.3 Å². The highest BCUT2D eigenvalue weighted by Gasteiger charge is 2.24. The van der Waals surface area contributed by atoms with Crippen molar-refractivity contribution in [2.45, 2.75) is 38.6 Å². The molecule has 1 aromatic carbocycles. The number of nitrogens with two attached hydrogens (primary N) is 1. The molecule has 0 radical (unpaired) electrons. The Balaban J connectivity index is 2.17. The topological polar surface area (TPSA) is 58.4 Å². The lowest BCUT2D eigenvalue weighted by molar-refractivity contribution is 0.0734. The molecule has 0 unspecified atom stereocenters. The summed E-state index contributed by atoms with van der Waals surface area (Å²) in [6.45, 7) is 1.94. The Kier molecular flexibility index (Phi) is 3.87. The first-order valence-electron chi connectivity index (χ1n) is 6.48. The third-order valence-electron chi connectivity index (χ3n) is 3.82. The molecule has 18 heavy (non-hydrogen) atoms. The Morgan fingerprint density at radius 2 is 2.06 bits per heavy atom. The quantitative estimate of drug-likeness (QED) is 0.636. The summed E-state index contributed by atoms with van der Waals surface area (Å²) in [7, 11) is 1.91. The van der Waals surface area contributed by atoms with Crippen molar-refractivity contribution in [1.29, 1.82) is 0 Å². The number of nitrogen functional groups attached to an aromatic ring is 1.